The number of fused-ring (bicyclic) bond motifs is 4. The number of ether oxygens (including phenoxy) is 5. The van der Waals surface area contributed by atoms with Crippen LogP contribution < -0.4 is 62.5 Å². The summed E-state index contributed by atoms with van der Waals surface area (Å²) < 4.78 is 71.7. The van der Waals surface area contributed by atoms with Gasteiger partial charge in [-0.05, 0) is 192 Å². The van der Waals surface area contributed by atoms with Crippen molar-refractivity contribution in [2.24, 2.45) is 14.1 Å². The van der Waals surface area contributed by atoms with Crippen LogP contribution in [-0.4, -0.2) is 176 Å². The number of nitrogens with zero attached hydrogens (tertiary/aromatic N) is 17. The van der Waals surface area contributed by atoms with Crippen LogP contribution in [0.5, 0.6) is 46.0 Å². The number of hydrogen-bond donors (Lipinski definition) is 4. The molecule has 15 aromatic rings. The number of amides is 5. The molecule has 6 aliphatic heterocycles. The zero-order valence-electron chi connectivity index (χ0n) is 83.0. The molecule has 0 saturated carbocycles. The first-order valence-corrected chi connectivity index (χ1v) is 49.0. The third kappa shape index (κ3) is 22.8. The number of carbonyl (C=O) groups excluding carboxylic acids is 7. The first-order valence-electron chi connectivity index (χ1n) is 49.0. The van der Waals surface area contributed by atoms with E-state index < -0.39 is 28.5 Å². The van der Waals surface area contributed by atoms with Gasteiger partial charge in [-0.3, -0.25) is 87.4 Å². The number of pyridine rings is 6. The summed E-state index contributed by atoms with van der Waals surface area (Å²) in [4.78, 5) is 173. The average molecular weight is 2030 g/mol. The number of para-hydroxylation sites is 3. The molecule has 2 saturated heterocycles. The van der Waals surface area contributed by atoms with Gasteiger partial charge in [0.1, 0.15) is 80.0 Å². The first kappa shape index (κ1) is 102. The molecule has 37 nitrogen and oxygen atoms in total. The molecule has 10 aromatic heterocycles. The van der Waals surface area contributed by atoms with E-state index in [1.165, 1.54) is 63.0 Å². The second-order valence-electron chi connectivity index (χ2n) is 36.5. The van der Waals surface area contributed by atoms with E-state index in [0.29, 0.717) is 165 Å². The number of rotatable bonds is 27. The Balaban J connectivity index is 0.000000131. The third-order valence-electron chi connectivity index (χ3n) is 26.4. The van der Waals surface area contributed by atoms with Crippen molar-refractivity contribution in [1.82, 2.24) is 82.1 Å². The van der Waals surface area contributed by atoms with Gasteiger partial charge in [0, 0.05) is 150 Å². The van der Waals surface area contributed by atoms with Crippen LogP contribution in [0, 0.1) is 25.5 Å². The standard InChI is InChI=1S/C29H28N6O5.C28H31N7O4.C27H23FN4O4.C27H25FN4O3/c36-25(27-24-19-39-15-14-34(24)35(28(27)37)21-6-2-1-3-7-21)16-20-8-9-23(18-31-20)40-22-10-11-30-26(17-22)32-29(38)33-12-4-5-13-33;1-4-19(2)35-27(37)26(23-18-32(3)13-14-34(23)35)24(36)15-20-7-8-22(17-30-20)39-21-9-10-29-25(16-21)31-28(38)33-11-5-6-12-33;1-16-25(27(35)32(31(16)2)18-6-4-3-5-7-18)21(33)15-17-8-10-23(20(28)14-17)36-22-12-13-29-26-19(22)9-11-24(34)30-26;1-17-25(27(34)32(31(17)2)19-7-4-3-5-8-19)22(33)16-18-10-11-24(21(28)15-18)35-23-12-14-30-26-20(23)9-6-13-29-26/h1-3,6-11,17-18H,4-5,12-16,19H2,(H,30,32,38);4,7-10,16-17H,1-2,5-6,11-15,18H2,3H3,(H,29,31,38);3-8,10,12-14H,9,11,15H2,1-2H3,(H,29,30,34);3-5,7-8,10-12,14-15H,6,9,13,16H2,1-2H3,(H,29,30). The van der Waals surface area contributed by atoms with Crippen molar-refractivity contribution in [2.75, 3.05) is 74.2 Å². The summed E-state index contributed by atoms with van der Waals surface area (Å²) in [6.45, 7) is 17.9. The Bertz CT molecular complexity index is 7960. The molecule has 0 aliphatic carbocycles. The Morgan fingerprint density at radius 1 is 0.440 bits per heavy atom. The molecule has 0 spiro atoms. The Hall–Kier alpha value is -18.0. The van der Waals surface area contributed by atoms with E-state index in [0.717, 1.165) is 89.2 Å². The maximum Gasteiger partial charge on any atom is 0.323 e. The maximum absolute atomic E-state index is 14.9. The molecule has 0 bridgehead atoms. The highest BCUT2D eigenvalue weighted by Crippen LogP contribution is 2.38. The number of ketones is 4. The summed E-state index contributed by atoms with van der Waals surface area (Å²) in [5, 5.41) is 11.5. The maximum atomic E-state index is 14.9. The quantitative estimate of drug-likeness (QED) is 0.0274. The molecule has 150 heavy (non-hydrogen) atoms. The number of Topliss-reactive ketones (excluding diaryl/α,β-unsaturated/α-hetero) is 4. The van der Waals surface area contributed by atoms with Gasteiger partial charge in [-0.15, -0.1) is 0 Å². The van der Waals surface area contributed by atoms with Gasteiger partial charge in [-0.1, -0.05) is 79.9 Å². The van der Waals surface area contributed by atoms with Crippen LogP contribution in [0.15, 0.2) is 264 Å². The van der Waals surface area contributed by atoms with E-state index in [4.69, 9.17) is 23.7 Å². The van der Waals surface area contributed by atoms with Crippen LogP contribution in [-0.2, 0) is 88.4 Å². The molecule has 4 N–H and O–H groups in total. The number of urea groups is 2. The largest absolute Gasteiger partial charge is 0.456 e. The number of carbonyl (C=O) groups is 7. The minimum absolute atomic E-state index is 0.0150. The van der Waals surface area contributed by atoms with E-state index in [2.05, 4.69) is 69.2 Å². The minimum atomic E-state index is -0.641. The summed E-state index contributed by atoms with van der Waals surface area (Å²) in [6.07, 6.45) is 17.0. The highest BCUT2D eigenvalue weighted by atomic mass is 19.1. The first-order chi connectivity index (χ1) is 72.7. The summed E-state index contributed by atoms with van der Waals surface area (Å²) >= 11 is 0. The monoisotopic (exact) mass is 2030 g/mol. The number of anilines is 4. The van der Waals surface area contributed by atoms with Crippen molar-refractivity contribution < 1.29 is 66.0 Å². The normalized spacial score (nSPS) is 13.8. The lowest BCUT2D eigenvalue weighted by Crippen LogP contribution is -2.33. The van der Waals surface area contributed by atoms with Gasteiger partial charge in [0.25, 0.3) is 22.2 Å². The smallest absolute Gasteiger partial charge is 0.323 e. The molecular weight excluding hydrogens is 1920 g/mol. The number of likely N-dealkylation sites (N-methyl/N-ethyl adjacent to an activating group) is 1. The second kappa shape index (κ2) is 45.7. The fourth-order valence-electron chi connectivity index (χ4n) is 18.7. The molecule has 0 unspecified atom stereocenters. The van der Waals surface area contributed by atoms with E-state index in [9.17, 15) is 61.5 Å². The van der Waals surface area contributed by atoms with Crippen LogP contribution in [0.2, 0.25) is 0 Å². The third-order valence-corrected chi connectivity index (χ3v) is 26.4. The molecule has 5 amide bonds. The highest BCUT2D eigenvalue weighted by Gasteiger charge is 2.34. The van der Waals surface area contributed by atoms with Crippen LogP contribution in [0.4, 0.5) is 41.6 Å². The van der Waals surface area contributed by atoms with Gasteiger partial charge in [0.05, 0.1) is 85.7 Å². The number of allylic oxidation sites excluding steroid dienone is 2. The Morgan fingerprint density at radius 3 is 1.38 bits per heavy atom. The number of halogens is 2. The van der Waals surface area contributed by atoms with Gasteiger partial charge >= 0.3 is 12.1 Å². The van der Waals surface area contributed by atoms with Crippen molar-refractivity contribution in [1.29, 1.82) is 0 Å². The van der Waals surface area contributed by atoms with E-state index in [1.54, 1.807) is 167 Å². The van der Waals surface area contributed by atoms with Crippen molar-refractivity contribution in [3.05, 3.63) is 376 Å². The SMILES string of the molecule is C=CC(=C)n1c(=O)c(C(=O)Cc2ccc(Oc3ccnc(NC(=O)N4CCCC4)c3)cn2)c2n1CCN(C)C2.Cc1c(C(=O)Cc2ccc(Oc3ccnc4c3CCC(=O)N4)c(F)c2)c(=O)n(-c2ccccc2)n1C.Cc1c(C(=O)Cc2ccc(Oc3ccnc4c3CCCN4)c(F)c2)c(=O)n(-c2ccccc2)n1C.O=C(Cc1ccc(Oc2ccnc(NC(=O)N3CCCC3)c2)cn1)c1c2n(n(-c3ccccc3)c1=O)CCOC2. The predicted octanol–water partition coefficient (Wildman–Crippen LogP) is 15.9. The molecule has 6 aliphatic rings. The molecule has 5 aromatic carbocycles. The molecule has 766 valence electrons. The molecule has 16 heterocycles. The molecule has 39 heteroatoms. The number of hydrogen-bond acceptors (Lipinski definition) is 24. The fourth-order valence-corrected chi connectivity index (χ4v) is 18.7. The Morgan fingerprint density at radius 2 is 0.900 bits per heavy atom. The second-order valence-corrected chi connectivity index (χ2v) is 36.5. The van der Waals surface area contributed by atoms with Gasteiger partial charge in [-0.25, -0.2) is 57.0 Å². The van der Waals surface area contributed by atoms with Crippen molar-refractivity contribution in [3.63, 3.8) is 0 Å². The van der Waals surface area contributed by atoms with Crippen LogP contribution in [0.3, 0.4) is 0 Å². The Labute approximate surface area is 858 Å². The number of aromatic nitrogens is 14. The van der Waals surface area contributed by atoms with Crippen LogP contribution >= 0.6 is 0 Å². The lowest BCUT2D eigenvalue weighted by atomic mass is 10.0. The average Bonchev–Trinajstić information content (AvgIpc) is 1.61. The summed E-state index contributed by atoms with van der Waals surface area (Å²) in [5.74, 6) is 2.15. The van der Waals surface area contributed by atoms with Gasteiger partial charge in [0.15, 0.2) is 46.3 Å². The Kier molecular flexibility index (Phi) is 31.1. The van der Waals surface area contributed by atoms with Crippen molar-refractivity contribution in [2.45, 2.75) is 117 Å². The zero-order chi connectivity index (χ0) is 105. The fraction of sp³-hybridized carbons (Fsp3) is 0.252. The minimum Gasteiger partial charge on any atom is -0.456 e. The van der Waals surface area contributed by atoms with Crippen LogP contribution in [0.1, 0.15) is 136 Å². The molecule has 2 fully saturated rings. The summed E-state index contributed by atoms with van der Waals surface area (Å²) in [5.41, 5.74) is 7.23. The molecule has 0 atom stereocenters. The lowest BCUT2D eigenvalue weighted by Gasteiger charge is -2.26. The number of likely N-dealkylation sites (tertiary alicyclic amines) is 2. The van der Waals surface area contributed by atoms with Crippen LogP contribution in [0.25, 0.3) is 22.8 Å². The lowest BCUT2D eigenvalue weighted by molar-refractivity contribution is -0.116. The molecule has 21 rings (SSSR count). The van der Waals surface area contributed by atoms with Gasteiger partial charge in [0.2, 0.25) is 5.91 Å². The molecule has 0 radical (unpaired) electrons. The van der Waals surface area contributed by atoms with Gasteiger partial charge in [-0.2, -0.15) is 0 Å². The molecular formula is C111H107F2N21O16. The van der Waals surface area contributed by atoms with E-state index in [1.807, 2.05) is 83.1 Å². The van der Waals surface area contributed by atoms with E-state index in [-0.39, 0.29) is 112 Å². The topological polar surface area (TPSA) is 409 Å². The summed E-state index contributed by atoms with van der Waals surface area (Å²) in [6, 6.07) is 52.6. The summed E-state index contributed by atoms with van der Waals surface area (Å²) in [7, 11) is 5.41. The zero-order valence-corrected chi connectivity index (χ0v) is 83.0. The number of nitrogens with one attached hydrogen (secondary N) is 4. The highest BCUT2D eigenvalue weighted by molar-refractivity contribution is 6.01. The van der Waals surface area contributed by atoms with Gasteiger partial charge < -0.3 is 44.1 Å². The van der Waals surface area contributed by atoms with Crippen molar-refractivity contribution >= 4 is 70.1 Å². The van der Waals surface area contributed by atoms with Crippen molar-refractivity contribution in [3.8, 4) is 63.1 Å². The predicted molar refractivity (Wildman–Crippen MR) is 556 cm³/mol. The number of benzene rings is 5. The van der Waals surface area contributed by atoms with E-state index >= 15 is 0 Å².